The molecule has 0 saturated carbocycles. The molecule has 1 heterocycles. The van der Waals surface area contributed by atoms with E-state index in [9.17, 15) is 0 Å². The first-order chi connectivity index (χ1) is 5.66. The molecule has 4 heteroatoms. The average Bonchev–Trinajstić information content (AvgIpc) is 2.30. The minimum Gasteiger partial charge on any atom is -0.268 e. The molecule has 1 aromatic rings. The summed E-state index contributed by atoms with van der Waals surface area (Å²) in [5, 5.41) is 4.36. The van der Waals surface area contributed by atoms with Crippen molar-refractivity contribution in [2.75, 3.05) is 5.88 Å². The van der Waals surface area contributed by atoms with Gasteiger partial charge in [-0.05, 0) is 36.2 Å². The molecule has 1 aromatic heterocycles. The SMILES string of the molecule is Cc1nn(CCCCl)c(C)c1Br. The van der Waals surface area contributed by atoms with Crippen LogP contribution in [0.4, 0.5) is 0 Å². The van der Waals surface area contributed by atoms with Crippen molar-refractivity contribution in [2.24, 2.45) is 0 Å². The number of halogens is 2. The number of rotatable bonds is 3. The van der Waals surface area contributed by atoms with Crippen molar-refractivity contribution in [3.8, 4) is 0 Å². The molecule has 0 bridgehead atoms. The predicted octanol–water partition coefficient (Wildman–Crippen LogP) is 2.89. The van der Waals surface area contributed by atoms with Crippen LogP contribution in [0.3, 0.4) is 0 Å². The minimum absolute atomic E-state index is 0.690. The molecule has 0 unspecified atom stereocenters. The second-order valence-corrected chi connectivity index (χ2v) is 3.92. The lowest BCUT2D eigenvalue weighted by Crippen LogP contribution is -2.02. The van der Waals surface area contributed by atoms with Crippen LogP contribution < -0.4 is 0 Å². The molecular formula is C8H12BrClN2. The quantitative estimate of drug-likeness (QED) is 0.756. The van der Waals surface area contributed by atoms with Gasteiger partial charge in [-0.15, -0.1) is 11.6 Å². The maximum atomic E-state index is 5.60. The van der Waals surface area contributed by atoms with Crippen molar-refractivity contribution in [3.63, 3.8) is 0 Å². The van der Waals surface area contributed by atoms with Crippen LogP contribution in [0.5, 0.6) is 0 Å². The van der Waals surface area contributed by atoms with Gasteiger partial charge in [0.05, 0.1) is 10.2 Å². The molecule has 0 radical (unpaired) electrons. The van der Waals surface area contributed by atoms with Gasteiger partial charge in [-0.3, -0.25) is 4.68 Å². The molecule has 0 aliphatic heterocycles. The molecule has 0 fully saturated rings. The molecule has 68 valence electrons. The Morgan fingerprint density at radius 1 is 1.50 bits per heavy atom. The second kappa shape index (κ2) is 4.28. The van der Waals surface area contributed by atoms with Crippen LogP contribution >= 0.6 is 27.5 Å². The van der Waals surface area contributed by atoms with Gasteiger partial charge in [-0.2, -0.15) is 5.10 Å². The fourth-order valence-electron chi connectivity index (χ4n) is 1.10. The molecule has 1 rings (SSSR count). The fraction of sp³-hybridized carbons (Fsp3) is 0.625. The molecule has 0 aliphatic carbocycles. The Kier molecular flexibility index (Phi) is 3.59. The van der Waals surface area contributed by atoms with Gasteiger partial charge >= 0.3 is 0 Å². The largest absolute Gasteiger partial charge is 0.268 e. The van der Waals surface area contributed by atoms with Gasteiger partial charge in [0.2, 0.25) is 0 Å². The number of aryl methyl sites for hydroxylation is 2. The van der Waals surface area contributed by atoms with Crippen molar-refractivity contribution in [1.82, 2.24) is 9.78 Å². The molecular weight excluding hydrogens is 239 g/mol. The third-order valence-corrected chi connectivity index (χ3v) is 3.21. The Hall–Kier alpha value is -0.0200. The first-order valence-corrected chi connectivity index (χ1v) is 5.25. The van der Waals surface area contributed by atoms with Crippen LogP contribution in [0.2, 0.25) is 0 Å². The molecule has 0 atom stereocenters. The summed E-state index contributed by atoms with van der Waals surface area (Å²) in [5.41, 5.74) is 2.22. The maximum Gasteiger partial charge on any atom is 0.0738 e. The zero-order chi connectivity index (χ0) is 9.14. The van der Waals surface area contributed by atoms with E-state index < -0.39 is 0 Å². The van der Waals surface area contributed by atoms with Crippen molar-refractivity contribution >= 4 is 27.5 Å². The molecule has 12 heavy (non-hydrogen) atoms. The number of aromatic nitrogens is 2. The van der Waals surface area contributed by atoms with E-state index in [1.165, 1.54) is 5.69 Å². The molecule has 0 saturated heterocycles. The Balaban J connectivity index is 2.79. The summed E-state index contributed by atoms with van der Waals surface area (Å²) < 4.78 is 3.10. The monoisotopic (exact) mass is 250 g/mol. The summed E-state index contributed by atoms with van der Waals surface area (Å²) in [7, 11) is 0. The summed E-state index contributed by atoms with van der Waals surface area (Å²) in [6.07, 6.45) is 0.968. The van der Waals surface area contributed by atoms with Gasteiger partial charge in [0, 0.05) is 18.1 Å². The van der Waals surface area contributed by atoms with Crippen LogP contribution in [0.15, 0.2) is 4.47 Å². The van der Waals surface area contributed by atoms with E-state index in [0.717, 1.165) is 23.1 Å². The summed E-state index contributed by atoms with van der Waals surface area (Å²) in [6, 6.07) is 0. The molecule has 0 spiro atoms. The van der Waals surface area contributed by atoms with Crippen molar-refractivity contribution in [2.45, 2.75) is 26.8 Å². The van der Waals surface area contributed by atoms with E-state index in [-0.39, 0.29) is 0 Å². The number of nitrogens with zero attached hydrogens (tertiary/aromatic N) is 2. The van der Waals surface area contributed by atoms with Crippen molar-refractivity contribution in [3.05, 3.63) is 15.9 Å². The number of hydrogen-bond donors (Lipinski definition) is 0. The summed E-state index contributed by atoms with van der Waals surface area (Å²) >= 11 is 9.07. The van der Waals surface area contributed by atoms with Gasteiger partial charge in [-0.1, -0.05) is 0 Å². The zero-order valence-electron chi connectivity index (χ0n) is 7.27. The minimum atomic E-state index is 0.690. The molecule has 0 amide bonds. The predicted molar refractivity (Wildman–Crippen MR) is 54.7 cm³/mol. The van der Waals surface area contributed by atoms with E-state index in [1.54, 1.807) is 0 Å². The lowest BCUT2D eigenvalue weighted by molar-refractivity contribution is 0.585. The highest BCUT2D eigenvalue weighted by Crippen LogP contribution is 2.19. The topological polar surface area (TPSA) is 17.8 Å². The molecule has 2 nitrogen and oxygen atoms in total. The Bertz CT molecular complexity index is 270. The molecule has 0 N–H and O–H groups in total. The van der Waals surface area contributed by atoms with Crippen molar-refractivity contribution < 1.29 is 0 Å². The normalized spacial score (nSPS) is 10.7. The summed E-state index contributed by atoms with van der Waals surface area (Å²) in [4.78, 5) is 0. The van der Waals surface area contributed by atoms with Crippen LogP contribution in [-0.2, 0) is 6.54 Å². The lowest BCUT2D eigenvalue weighted by Gasteiger charge is -2.00. The molecule has 0 aromatic carbocycles. The second-order valence-electron chi connectivity index (χ2n) is 2.75. The van der Waals surface area contributed by atoms with Crippen LogP contribution in [0, 0.1) is 13.8 Å². The highest BCUT2D eigenvalue weighted by molar-refractivity contribution is 9.10. The highest BCUT2D eigenvalue weighted by atomic mass is 79.9. The van der Waals surface area contributed by atoms with Crippen LogP contribution in [0.1, 0.15) is 17.8 Å². The van der Waals surface area contributed by atoms with Gasteiger partial charge < -0.3 is 0 Å². The van der Waals surface area contributed by atoms with Gasteiger partial charge in [-0.25, -0.2) is 0 Å². The van der Waals surface area contributed by atoms with Gasteiger partial charge in [0.1, 0.15) is 0 Å². The first kappa shape index (κ1) is 10.1. The first-order valence-electron chi connectivity index (χ1n) is 3.92. The smallest absolute Gasteiger partial charge is 0.0738 e. The van der Waals surface area contributed by atoms with E-state index in [4.69, 9.17) is 11.6 Å². The van der Waals surface area contributed by atoms with E-state index >= 15 is 0 Å². The van der Waals surface area contributed by atoms with Crippen LogP contribution in [-0.4, -0.2) is 15.7 Å². The van der Waals surface area contributed by atoms with Crippen LogP contribution in [0.25, 0.3) is 0 Å². The number of alkyl halides is 1. The Morgan fingerprint density at radius 2 is 2.17 bits per heavy atom. The fourth-order valence-corrected chi connectivity index (χ4v) is 1.51. The third-order valence-electron chi connectivity index (χ3n) is 1.80. The van der Waals surface area contributed by atoms with E-state index in [1.807, 2.05) is 11.6 Å². The summed E-state index contributed by atoms with van der Waals surface area (Å²) in [6.45, 7) is 4.95. The van der Waals surface area contributed by atoms with E-state index in [0.29, 0.717) is 5.88 Å². The highest BCUT2D eigenvalue weighted by Gasteiger charge is 2.07. The average molecular weight is 252 g/mol. The summed E-state index contributed by atoms with van der Waals surface area (Å²) in [5.74, 6) is 0.690. The van der Waals surface area contributed by atoms with E-state index in [2.05, 4.69) is 28.0 Å². The maximum absolute atomic E-state index is 5.60. The van der Waals surface area contributed by atoms with Gasteiger partial charge in [0.25, 0.3) is 0 Å². The Labute approximate surface area is 86.0 Å². The number of hydrogen-bond acceptors (Lipinski definition) is 1. The standard InChI is InChI=1S/C8H12BrClN2/c1-6-8(9)7(2)12(11-6)5-3-4-10/h3-5H2,1-2H3. The lowest BCUT2D eigenvalue weighted by atomic mass is 10.4. The third kappa shape index (κ3) is 2.02. The zero-order valence-corrected chi connectivity index (χ0v) is 9.61. The Morgan fingerprint density at radius 3 is 2.58 bits per heavy atom. The van der Waals surface area contributed by atoms with Gasteiger partial charge in [0.15, 0.2) is 0 Å². The van der Waals surface area contributed by atoms with Crippen molar-refractivity contribution in [1.29, 1.82) is 0 Å². The molecule has 0 aliphatic rings.